The molecule has 0 aliphatic carbocycles. The molecule has 0 bridgehead atoms. The molecule has 0 aromatic heterocycles. The van der Waals surface area contributed by atoms with E-state index in [0.29, 0.717) is 0 Å². The molecule has 1 heterocycles. The third kappa shape index (κ3) is 17.8. The molecule has 0 aromatic carbocycles. The molecule has 1 aliphatic rings. The van der Waals surface area contributed by atoms with Crippen LogP contribution >= 0.6 is 0 Å². The molecular weight excluding hydrogens is 754 g/mol. The SMILES string of the molecule is CC(=O)N([O-])CCC[C@@H]1NC(=O)CNC(=O)[C@H](CO)NC(=O)[C@H](CO)NC(=O)[C@H](CCCN([O-])C(C)=O)NC(=O)[C@H](CCCN([O-])C(C)=O)NC1=O.[Fe+3]. The fourth-order valence-electron chi connectivity index (χ4n) is 4.61. The van der Waals surface area contributed by atoms with Crippen molar-refractivity contribution in [3.8, 4) is 0 Å². The Labute approximate surface area is 314 Å². The number of rotatable bonds is 14. The molecule has 1 aliphatic heterocycles. The Bertz CT molecular complexity index is 1310. The van der Waals surface area contributed by atoms with Crippen molar-refractivity contribution in [3.05, 3.63) is 15.6 Å². The average molecular weight is 801 g/mol. The fraction of sp³-hybridized carbons (Fsp3) is 0.690. The maximum absolute atomic E-state index is 13.6. The van der Waals surface area contributed by atoms with Crippen molar-refractivity contribution in [2.24, 2.45) is 0 Å². The van der Waals surface area contributed by atoms with Gasteiger partial charge in [-0.25, -0.2) is 0 Å². The van der Waals surface area contributed by atoms with Crippen LogP contribution in [-0.4, -0.2) is 148 Å². The first-order valence-electron chi connectivity index (χ1n) is 16.3. The standard InChI is InChI=1S/C29H46N9O14.Fe/c1-16(41)36(50)10-4-7-19-26(46)32-20(8-5-11-37(51)17(2)42)27(47)33-21(9-6-12-38(52)18(3)43)28(48)35-23(15-40)29(49)34-22(14-39)25(45)30-13-24(44)31-19;/h19-23,39-40H,4-15H2,1-3H3,(H,30,45)(H,31,44)(H,32,46)(H,33,47)(H,34,49)(H,35,48);/q-3;+3/t19-,20-,21-,22-,23-;/m0./s1. The molecular formula is C29H46FeN9O14. The van der Waals surface area contributed by atoms with Gasteiger partial charge in [-0.05, 0) is 38.5 Å². The quantitative estimate of drug-likeness (QED) is 0.0602. The van der Waals surface area contributed by atoms with E-state index < -0.39 is 116 Å². The van der Waals surface area contributed by atoms with Crippen molar-refractivity contribution in [3.63, 3.8) is 0 Å². The third-order valence-corrected chi connectivity index (χ3v) is 7.59. The molecule has 9 amide bonds. The van der Waals surface area contributed by atoms with Crippen LogP contribution in [-0.2, 0) is 60.2 Å². The molecule has 0 aromatic rings. The molecule has 0 unspecified atom stereocenters. The summed E-state index contributed by atoms with van der Waals surface area (Å²) < 4.78 is 0. The maximum Gasteiger partial charge on any atom is 3.00 e. The predicted molar refractivity (Wildman–Crippen MR) is 177 cm³/mol. The Morgan fingerprint density at radius 2 is 0.830 bits per heavy atom. The number of nitrogens with one attached hydrogen (secondary N) is 6. The molecule has 5 atom stereocenters. The van der Waals surface area contributed by atoms with Crippen LogP contribution in [0.5, 0.6) is 0 Å². The third-order valence-electron chi connectivity index (χ3n) is 7.59. The number of aliphatic hydroxyl groups is 2. The van der Waals surface area contributed by atoms with Gasteiger partial charge in [0.1, 0.15) is 30.2 Å². The van der Waals surface area contributed by atoms with Gasteiger partial charge in [-0.2, -0.15) is 0 Å². The minimum atomic E-state index is -1.75. The molecule has 1 radical (unpaired) electrons. The molecule has 53 heavy (non-hydrogen) atoms. The van der Waals surface area contributed by atoms with Crippen molar-refractivity contribution in [2.45, 2.75) is 89.5 Å². The molecule has 0 spiro atoms. The van der Waals surface area contributed by atoms with Crippen LogP contribution in [0, 0.1) is 15.6 Å². The van der Waals surface area contributed by atoms with Gasteiger partial charge in [0, 0.05) is 40.4 Å². The number of aliphatic hydroxyl groups excluding tert-OH is 2. The molecule has 1 saturated heterocycles. The van der Waals surface area contributed by atoms with Gasteiger partial charge >= 0.3 is 17.1 Å². The number of carbonyl (C=O) groups is 9. The second-order valence-electron chi connectivity index (χ2n) is 11.7. The summed E-state index contributed by atoms with van der Waals surface area (Å²) in [7, 11) is 0. The molecule has 23 nitrogen and oxygen atoms in total. The average Bonchev–Trinajstić information content (AvgIpc) is 3.09. The van der Waals surface area contributed by atoms with Crippen LogP contribution in [0.3, 0.4) is 0 Å². The Morgan fingerprint density at radius 1 is 0.547 bits per heavy atom. The van der Waals surface area contributed by atoms with Crippen molar-refractivity contribution in [1.82, 2.24) is 47.1 Å². The number of hydrogen-bond donors (Lipinski definition) is 8. The van der Waals surface area contributed by atoms with Gasteiger partial charge in [0.25, 0.3) is 0 Å². The Kier molecular flexibility index (Phi) is 22.7. The van der Waals surface area contributed by atoms with E-state index in [4.69, 9.17) is 0 Å². The van der Waals surface area contributed by atoms with E-state index in [2.05, 4.69) is 31.9 Å². The molecule has 8 N–H and O–H groups in total. The monoisotopic (exact) mass is 800 g/mol. The van der Waals surface area contributed by atoms with Crippen molar-refractivity contribution < 1.29 is 70.4 Å². The van der Waals surface area contributed by atoms with E-state index in [1.54, 1.807) is 0 Å². The van der Waals surface area contributed by atoms with Gasteiger partial charge < -0.3 is 72.9 Å². The van der Waals surface area contributed by atoms with Crippen molar-refractivity contribution in [2.75, 3.05) is 39.4 Å². The summed E-state index contributed by atoms with van der Waals surface area (Å²) >= 11 is 0. The second kappa shape index (κ2) is 24.7. The predicted octanol–water partition coefficient (Wildman–Crippen LogP) is -5.10. The van der Waals surface area contributed by atoms with Gasteiger partial charge in [0.05, 0.1) is 19.8 Å². The van der Waals surface area contributed by atoms with E-state index >= 15 is 0 Å². The number of amides is 9. The first-order valence-corrected chi connectivity index (χ1v) is 16.3. The number of hydrogen-bond acceptors (Lipinski definition) is 14. The largest absolute Gasteiger partial charge is 3.00 e. The minimum Gasteiger partial charge on any atom is -0.756 e. The summed E-state index contributed by atoms with van der Waals surface area (Å²) in [6.07, 6.45) is -1.36. The molecule has 1 fully saturated rings. The van der Waals surface area contributed by atoms with Gasteiger partial charge in [-0.3, -0.25) is 43.2 Å². The van der Waals surface area contributed by atoms with E-state index in [0.717, 1.165) is 20.8 Å². The summed E-state index contributed by atoms with van der Waals surface area (Å²) in [5.41, 5.74) is 0. The molecule has 0 saturated carbocycles. The van der Waals surface area contributed by atoms with Crippen LogP contribution in [0.1, 0.15) is 59.3 Å². The van der Waals surface area contributed by atoms with Crippen molar-refractivity contribution in [1.29, 1.82) is 0 Å². The first-order chi connectivity index (χ1) is 24.4. The minimum absolute atomic E-state index is 0. The number of hydroxylamine groups is 6. The van der Waals surface area contributed by atoms with Crippen molar-refractivity contribution >= 4 is 53.2 Å². The Hall–Kier alpha value is -4.45. The topological polar surface area (TPSA) is 345 Å². The summed E-state index contributed by atoms with van der Waals surface area (Å²) in [4.78, 5) is 113. The summed E-state index contributed by atoms with van der Waals surface area (Å²) in [5.74, 6) is -8.82. The zero-order valence-electron chi connectivity index (χ0n) is 29.4. The van der Waals surface area contributed by atoms with Gasteiger partial charge in [-0.15, -0.1) is 0 Å². The second-order valence-corrected chi connectivity index (χ2v) is 11.7. The zero-order chi connectivity index (χ0) is 39.5. The summed E-state index contributed by atoms with van der Waals surface area (Å²) in [5, 5.41) is 68.8. The summed E-state index contributed by atoms with van der Waals surface area (Å²) in [6.45, 7) is -0.999. The molecule has 24 heteroatoms. The van der Waals surface area contributed by atoms with Crippen LogP contribution in [0.25, 0.3) is 0 Å². The Balaban J connectivity index is 0.0000270. The van der Waals surface area contributed by atoms with Gasteiger partial charge in [0.15, 0.2) is 0 Å². The van der Waals surface area contributed by atoms with E-state index in [9.17, 15) is 69.0 Å². The number of carbonyl (C=O) groups excluding carboxylic acids is 9. The zero-order valence-corrected chi connectivity index (χ0v) is 30.5. The summed E-state index contributed by atoms with van der Waals surface area (Å²) in [6, 6.07) is -8.05. The fourth-order valence-corrected chi connectivity index (χ4v) is 4.61. The van der Waals surface area contributed by atoms with E-state index in [1.165, 1.54) is 0 Å². The van der Waals surface area contributed by atoms with Crippen LogP contribution in [0.4, 0.5) is 0 Å². The van der Waals surface area contributed by atoms with Crippen LogP contribution in [0.2, 0.25) is 0 Å². The smallest absolute Gasteiger partial charge is 0.756 e. The molecule has 299 valence electrons. The maximum atomic E-state index is 13.6. The molecule has 1 rings (SSSR count). The van der Waals surface area contributed by atoms with Crippen LogP contribution < -0.4 is 31.9 Å². The first kappa shape index (κ1) is 48.5. The van der Waals surface area contributed by atoms with Gasteiger partial charge in [0.2, 0.25) is 53.2 Å². The van der Waals surface area contributed by atoms with E-state index in [1.807, 2.05) is 0 Å². The van der Waals surface area contributed by atoms with Crippen LogP contribution in [0.15, 0.2) is 0 Å². The number of nitrogens with zero attached hydrogens (tertiary/aromatic N) is 3. The normalized spacial score (nSPS) is 21.8. The van der Waals surface area contributed by atoms with Gasteiger partial charge in [-0.1, -0.05) is 0 Å². The van der Waals surface area contributed by atoms with E-state index in [-0.39, 0.29) is 77.3 Å². The Morgan fingerprint density at radius 3 is 1.15 bits per heavy atom.